The average molecular weight is 300 g/mol. The fraction of sp³-hybridized carbons (Fsp3) is 0.867. The summed E-state index contributed by atoms with van der Waals surface area (Å²) < 4.78 is 0. The summed E-state index contributed by atoms with van der Waals surface area (Å²) in [5.74, 6) is -0.500. The first-order valence-corrected chi connectivity index (χ1v) is 7.91. The Balaban J connectivity index is 2.29. The van der Waals surface area contributed by atoms with Crippen LogP contribution in [-0.4, -0.2) is 52.9 Å². The Morgan fingerprint density at radius 1 is 1.29 bits per heavy atom. The second-order valence-corrected chi connectivity index (χ2v) is 5.94. The van der Waals surface area contributed by atoms with Gasteiger partial charge < -0.3 is 20.4 Å². The zero-order valence-corrected chi connectivity index (χ0v) is 12.9. The van der Waals surface area contributed by atoms with Gasteiger partial charge in [-0.1, -0.05) is 19.8 Å². The van der Waals surface area contributed by atoms with Crippen molar-refractivity contribution in [3.8, 4) is 0 Å². The lowest BCUT2D eigenvalue weighted by atomic mass is 10.0. The monoisotopic (exact) mass is 300 g/mol. The van der Waals surface area contributed by atoms with Gasteiger partial charge in [0.1, 0.15) is 0 Å². The number of aliphatic hydroxyl groups is 1. The molecule has 0 aromatic carbocycles. The molecule has 0 radical (unpaired) electrons. The summed E-state index contributed by atoms with van der Waals surface area (Å²) in [6, 6.07) is -0.182. The number of aliphatic hydroxyl groups excluding tert-OH is 1. The van der Waals surface area contributed by atoms with Crippen LogP contribution < -0.4 is 5.32 Å². The molecule has 0 bridgehead atoms. The van der Waals surface area contributed by atoms with Gasteiger partial charge in [0, 0.05) is 19.5 Å². The number of hydrogen-bond acceptors (Lipinski definition) is 3. The van der Waals surface area contributed by atoms with E-state index in [1.165, 1.54) is 0 Å². The van der Waals surface area contributed by atoms with E-state index in [9.17, 15) is 14.7 Å². The quantitative estimate of drug-likeness (QED) is 0.669. The van der Waals surface area contributed by atoms with Crippen LogP contribution in [0.3, 0.4) is 0 Å². The fourth-order valence-electron chi connectivity index (χ4n) is 2.68. The lowest BCUT2D eigenvalue weighted by Crippen LogP contribution is -2.47. The van der Waals surface area contributed by atoms with E-state index in [0.29, 0.717) is 19.5 Å². The summed E-state index contributed by atoms with van der Waals surface area (Å²) in [7, 11) is 0. The molecule has 122 valence electrons. The molecule has 1 heterocycles. The predicted octanol–water partition coefficient (Wildman–Crippen LogP) is 1.82. The highest BCUT2D eigenvalue weighted by atomic mass is 16.4. The van der Waals surface area contributed by atoms with Gasteiger partial charge in [-0.3, -0.25) is 4.79 Å². The molecule has 1 fully saturated rings. The number of hydrogen-bond donors (Lipinski definition) is 3. The van der Waals surface area contributed by atoms with E-state index in [0.717, 1.165) is 32.1 Å². The minimum Gasteiger partial charge on any atom is -0.481 e. The predicted molar refractivity (Wildman–Crippen MR) is 80.1 cm³/mol. The Bertz CT molecular complexity index is 336. The maximum atomic E-state index is 12.2. The summed E-state index contributed by atoms with van der Waals surface area (Å²) in [5, 5.41) is 20.9. The number of carbonyl (C=O) groups is 2. The average Bonchev–Trinajstić information content (AvgIpc) is 2.70. The van der Waals surface area contributed by atoms with Crippen molar-refractivity contribution in [3.05, 3.63) is 0 Å². The summed E-state index contributed by atoms with van der Waals surface area (Å²) in [6.07, 6.45) is 5.59. The minimum absolute atomic E-state index is 0.0163. The van der Waals surface area contributed by atoms with Crippen LogP contribution in [0.2, 0.25) is 0 Å². The number of nitrogens with zero attached hydrogens (tertiary/aromatic N) is 1. The van der Waals surface area contributed by atoms with Gasteiger partial charge >= 0.3 is 12.0 Å². The standard InChI is InChI=1S/C15H28N2O4/c1-12(6-7-14(19)20)8-9-16-15(21)17-10-4-2-3-5-13(17)11-18/h12-13,18H,2-11H2,1H3,(H,16,21)(H,19,20). The van der Waals surface area contributed by atoms with Crippen molar-refractivity contribution in [2.24, 2.45) is 5.92 Å². The van der Waals surface area contributed by atoms with Gasteiger partial charge in [-0.25, -0.2) is 4.79 Å². The SMILES string of the molecule is CC(CCNC(=O)N1CCCCCC1CO)CCC(=O)O. The molecule has 1 rings (SSSR count). The third-order valence-corrected chi connectivity index (χ3v) is 4.11. The maximum absolute atomic E-state index is 12.2. The first kappa shape index (κ1) is 17.8. The molecule has 0 aliphatic carbocycles. The first-order valence-electron chi connectivity index (χ1n) is 7.91. The van der Waals surface area contributed by atoms with Crippen LogP contribution in [0.1, 0.15) is 51.9 Å². The maximum Gasteiger partial charge on any atom is 0.317 e. The molecule has 2 amide bonds. The van der Waals surface area contributed by atoms with Crippen LogP contribution in [-0.2, 0) is 4.79 Å². The molecule has 1 saturated heterocycles. The Morgan fingerprint density at radius 2 is 2.05 bits per heavy atom. The van der Waals surface area contributed by atoms with Crippen LogP contribution in [0.4, 0.5) is 4.79 Å². The summed E-state index contributed by atoms with van der Waals surface area (Å²) in [4.78, 5) is 24.4. The molecule has 2 unspecified atom stereocenters. The number of carboxylic acids is 1. The molecule has 0 aromatic heterocycles. The van der Waals surface area contributed by atoms with Crippen molar-refractivity contribution < 1.29 is 19.8 Å². The lowest BCUT2D eigenvalue weighted by molar-refractivity contribution is -0.137. The largest absolute Gasteiger partial charge is 0.481 e. The highest BCUT2D eigenvalue weighted by Gasteiger charge is 2.24. The summed E-state index contributed by atoms with van der Waals surface area (Å²) >= 11 is 0. The van der Waals surface area contributed by atoms with E-state index in [4.69, 9.17) is 5.11 Å². The van der Waals surface area contributed by atoms with E-state index >= 15 is 0 Å². The fourth-order valence-corrected chi connectivity index (χ4v) is 2.68. The number of nitrogens with one attached hydrogen (secondary N) is 1. The molecular weight excluding hydrogens is 272 g/mol. The molecule has 0 aromatic rings. The van der Waals surface area contributed by atoms with Gasteiger partial charge in [-0.2, -0.15) is 0 Å². The lowest BCUT2D eigenvalue weighted by Gasteiger charge is -2.29. The van der Waals surface area contributed by atoms with E-state index in [2.05, 4.69) is 5.32 Å². The van der Waals surface area contributed by atoms with Gasteiger partial charge in [0.15, 0.2) is 0 Å². The smallest absolute Gasteiger partial charge is 0.317 e. The van der Waals surface area contributed by atoms with Crippen LogP contribution in [0.5, 0.6) is 0 Å². The molecule has 6 nitrogen and oxygen atoms in total. The van der Waals surface area contributed by atoms with Crippen molar-refractivity contribution in [3.63, 3.8) is 0 Å². The number of amides is 2. The number of likely N-dealkylation sites (tertiary alicyclic amines) is 1. The van der Waals surface area contributed by atoms with Crippen LogP contribution >= 0.6 is 0 Å². The van der Waals surface area contributed by atoms with Gasteiger partial charge in [0.25, 0.3) is 0 Å². The Labute approximate surface area is 126 Å². The third kappa shape index (κ3) is 6.80. The zero-order chi connectivity index (χ0) is 15.7. The van der Waals surface area contributed by atoms with Gasteiger partial charge in [0.05, 0.1) is 12.6 Å². The molecule has 21 heavy (non-hydrogen) atoms. The highest BCUT2D eigenvalue weighted by Crippen LogP contribution is 2.16. The van der Waals surface area contributed by atoms with Crippen LogP contribution in [0.25, 0.3) is 0 Å². The third-order valence-electron chi connectivity index (χ3n) is 4.11. The molecule has 0 saturated carbocycles. The summed E-state index contributed by atoms with van der Waals surface area (Å²) in [6.45, 7) is 3.26. The topological polar surface area (TPSA) is 89.9 Å². The Kier molecular flexibility index (Phi) is 8.12. The number of rotatable bonds is 7. The Morgan fingerprint density at radius 3 is 2.71 bits per heavy atom. The van der Waals surface area contributed by atoms with Gasteiger partial charge in [0.2, 0.25) is 0 Å². The minimum atomic E-state index is -0.777. The van der Waals surface area contributed by atoms with Gasteiger partial charge in [-0.05, 0) is 31.6 Å². The molecule has 2 atom stereocenters. The van der Waals surface area contributed by atoms with Crippen molar-refractivity contribution in [2.75, 3.05) is 19.7 Å². The normalized spacial score (nSPS) is 20.7. The molecule has 0 spiro atoms. The van der Waals surface area contributed by atoms with E-state index in [-0.39, 0.29) is 31.0 Å². The molecule has 1 aliphatic heterocycles. The van der Waals surface area contributed by atoms with Crippen molar-refractivity contribution in [1.82, 2.24) is 10.2 Å². The van der Waals surface area contributed by atoms with E-state index in [1.807, 2.05) is 6.92 Å². The zero-order valence-electron chi connectivity index (χ0n) is 12.9. The summed E-state index contributed by atoms with van der Waals surface area (Å²) in [5.41, 5.74) is 0. The number of urea groups is 1. The van der Waals surface area contributed by atoms with Gasteiger partial charge in [-0.15, -0.1) is 0 Å². The van der Waals surface area contributed by atoms with Crippen LogP contribution in [0.15, 0.2) is 0 Å². The van der Waals surface area contributed by atoms with E-state index in [1.54, 1.807) is 4.90 Å². The second-order valence-electron chi connectivity index (χ2n) is 5.94. The number of carboxylic acid groups (broad SMARTS) is 1. The number of aliphatic carboxylic acids is 1. The first-order chi connectivity index (χ1) is 10.0. The molecule has 6 heteroatoms. The van der Waals surface area contributed by atoms with Crippen molar-refractivity contribution in [2.45, 2.75) is 57.9 Å². The van der Waals surface area contributed by atoms with E-state index < -0.39 is 5.97 Å². The van der Waals surface area contributed by atoms with Crippen LogP contribution in [0, 0.1) is 5.92 Å². The van der Waals surface area contributed by atoms with Crippen molar-refractivity contribution >= 4 is 12.0 Å². The van der Waals surface area contributed by atoms with Crippen molar-refractivity contribution in [1.29, 1.82) is 0 Å². The Hall–Kier alpha value is -1.30. The number of carbonyl (C=O) groups excluding carboxylic acids is 1. The molecule has 1 aliphatic rings. The molecular formula is C15H28N2O4. The second kappa shape index (κ2) is 9.60. The highest BCUT2D eigenvalue weighted by molar-refractivity contribution is 5.74. The molecule has 3 N–H and O–H groups in total.